The molecule has 0 aliphatic rings. The van der Waals surface area contributed by atoms with Gasteiger partial charge in [0.1, 0.15) is 7.05 Å². The van der Waals surface area contributed by atoms with Crippen molar-refractivity contribution in [3.63, 3.8) is 0 Å². The van der Waals surface area contributed by atoms with Gasteiger partial charge in [-0.05, 0) is 12.5 Å². The molecule has 0 saturated heterocycles. The molecule has 0 unspecified atom stereocenters. The van der Waals surface area contributed by atoms with Gasteiger partial charge in [0.2, 0.25) is 6.20 Å². The molecule has 0 spiro atoms. The SMILES string of the molecule is CCCCCCCCCCCCOc1ccc[n+](C)c1. The molecule has 0 atom stereocenters. The fraction of sp³-hybridized carbons (Fsp3) is 0.722. The lowest BCUT2D eigenvalue weighted by molar-refractivity contribution is -0.671. The molecule has 1 aromatic rings. The molecule has 0 fully saturated rings. The Labute approximate surface area is 125 Å². The minimum atomic E-state index is 0.848. The second kappa shape index (κ2) is 11.7. The maximum atomic E-state index is 5.74. The summed E-state index contributed by atoms with van der Waals surface area (Å²) in [6.07, 6.45) is 17.7. The predicted molar refractivity (Wildman–Crippen MR) is 85.0 cm³/mol. The fourth-order valence-corrected chi connectivity index (χ4v) is 2.43. The number of aryl methyl sites for hydroxylation is 1. The third-order valence-corrected chi connectivity index (χ3v) is 3.68. The van der Waals surface area contributed by atoms with E-state index in [1.165, 1.54) is 64.2 Å². The third-order valence-electron chi connectivity index (χ3n) is 3.68. The summed E-state index contributed by atoms with van der Waals surface area (Å²) in [4.78, 5) is 0. The summed E-state index contributed by atoms with van der Waals surface area (Å²) in [7, 11) is 2.02. The summed E-state index contributed by atoms with van der Waals surface area (Å²) < 4.78 is 7.76. The summed E-state index contributed by atoms with van der Waals surface area (Å²) in [5.74, 6) is 0.978. The molecular formula is C18H32NO+. The second-order valence-electron chi connectivity index (χ2n) is 5.74. The molecule has 2 nitrogen and oxygen atoms in total. The van der Waals surface area contributed by atoms with Gasteiger partial charge in [-0.1, -0.05) is 64.7 Å². The largest absolute Gasteiger partial charge is 0.487 e. The Morgan fingerprint density at radius 3 is 2.10 bits per heavy atom. The molecule has 0 radical (unpaired) electrons. The molecular weight excluding hydrogens is 246 g/mol. The molecule has 0 bridgehead atoms. The highest BCUT2D eigenvalue weighted by Gasteiger charge is 1.98. The van der Waals surface area contributed by atoms with E-state index in [1.54, 1.807) is 0 Å². The summed E-state index contributed by atoms with van der Waals surface area (Å²) in [5.41, 5.74) is 0. The first kappa shape index (κ1) is 17.0. The van der Waals surface area contributed by atoms with Gasteiger partial charge in [0.05, 0.1) is 6.61 Å². The molecule has 0 aliphatic carbocycles. The zero-order valence-electron chi connectivity index (χ0n) is 13.4. The van der Waals surface area contributed by atoms with Crippen LogP contribution in [0.1, 0.15) is 71.1 Å². The fourth-order valence-electron chi connectivity index (χ4n) is 2.43. The van der Waals surface area contributed by atoms with E-state index in [1.807, 2.05) is 36.1 Å². The molecule has 20 heavy (non-hydrogen) atoms. The van der Waals surface area contributed by atoms with E-state index >= 15 is 0 Å². The number of hydrogen-bond acceptors (Lipinski definition) is 1. The van der Waals surface area contributed by atoms with Gasteiger partial charge in [0, 0.05) is 6.07 Å². The third kappa shape index (κ3) is 8.95. The van der Waals surface area contributed by atoms with Crippen LogP contribution in [0.3, 0.4) is 0 Å². The van der Waals surface area contributed by atoms with Gasteiger partial charge in [0.25, 0.3) is 0 Å². The summed E-state index contributed by atoms with van der Waals surface area (Å²) in [5, 5.41) is 0. The maximum Gasteiger partial charge on any atom is 0.210 e. The van der Waals surface area contributed by atoms with E-state index in [-0.39, 0.29) is 0 Å². The summed E-state index contributed by atoms with van der Waals surface area (Å²) in [6.45, 7) is 3.12. The van der Waals surface area contributed by atoms with Crippen molar-refractivity contribution in [2.75, 3.05) is 6.61 Å². The molecule has 1 heterocycles. The number of ether oxygens (including phenoxy) is 1. The standard InChI is InChI=1S/C18H32NO/c1-3-4-5-6-7-8-9-10-11-12-16-20-18-14-13-15-19(2)17-18/h13-15,17H,3-12,16H2,1-2H3/q+1. The molecule has 0 N–H and O–H groups in total. The highest BCUT2D eigenvalue weighted by atomic mass is 16.5. The van der Waals surface area contributed by atoms with E-state index in [0.29, 0.717) is 0 Å². The van der Waals surface area contributed by atoms with E-state index in [4.69, 9.17) is 4.74 Å². The Morgan fingerprint density at radius 1 is 0.900 bits per heavy atom. The van der Waals surface area contributed by atoms with Crippen molar-refractivity contribution < 1.29 is 9.30 Å². The van der Waals surface area contributed by atoms with E-state index in [2.05, 4.69) is 6.92 Å². The normalized spacial score (nSPS) is 10.7. The Hall–Kier alpha value is -1.05. The van der Waals surface area contributed by atoms with Crippen LogP contribution in [0.15, 0.2) is 24.5 Å². The first-order valence-electron chi connectivity index (χ1n) is 8.41. The molecule has 1 rings (SSSR count). The van der Waals surface area contributed by atoms with Crippen LogP contribution in [0, 0.1) is 0 Å². The lowest BCUT2D eigenvalue weighted by Crippen LogP contribution is -2.26. The number of aromatic nitrogens is 1. The van der Waals surface area contributed by atoms with Crippen molar-refractivity contribution in [3.05, 3.63) is 24.5 Å². The van der Waals surface area contributed by atoms with Crippen LogP contribution in [0.25, 0.3) is 0 Å². The lowest BCUT2D eigenvalue weighted by Gasteiger charge is -2.05. The zero-order chi connectivity index (χ0) is 14.5. The first-order chi connectivity index (χ1) is 9.83. The average Bonchev–Trinajstić information content (AvgIpc) is 2.45. The Bertz CT molecular complexity index is 338. The Balaban J connectivity index is 1.85. The minimum Gasteiger partial charge on any atom is -0.487 e. The van der Waals surface area contributed by atoms with Gasteiger partial charge in [-0.3, -0.25) is 0 Å². The quantitative estimate of drug-likeness (QED) is 0.395. The van der Waals surface area contributed by atoms with Crippen molar-refractivity contribution in [1.82, 2.24) is 0 Å². The number of pyridine rings is 1. The van der Waals surface area contributed by atoms with E-state index in [9.17, 15) is 0 Å². The molecule has 0 aromatic carbocycles. The van der Waals surface area contributed by atoms with Crippen molar-refractivity contribution >= 4 is 0 Å². The Kier molecular flexibility index (Phi) is 9.99. The number of nitrogens with zero attached hydrogens (tertiary/aromatic N) is 1. The topological polar surface area (TPSA) is 13.1 Å². The van der Waals surface area contributed by atoms with Gasteiger partial charge in [-0.2, -0.15) is 0 Å². The van der Waals surface area contributed by atoms with Gasteiger partial charge in [0.15, 0.2) is 11.9 Å². The van der Waals surface area contributed by atoms with Crippen molar-refractivity contribution in [2.24, 2.45) is 7.05 Å². The summed E-state index contributed by atoms with van der Waals surface area (Å²) >= 11 is 0. The highest BCUT2D eigenvalue weighted by molar-refractivity contribution is 5.12. The number of unbranched alkanes of at least 4 members (excludes halogenated alkanes) is 9. The van der Waals surface area contributed by atoms with Crippen LogP contribution in [0.4, 0.5) is 0 Å². The summed E-state index contributed by atoms with van der Waals surface area (Å²) in [6, 6.07) is 4.05. The van der Waals surface area contributed by atoms with E-state index < -0.39 is 0 Å². The van der Waals surface area contributed by atoms with Crippen molar-refractivity contribution in [1.29, 1.82) is 0 Å². The molecule has 1 aromatic heterocycles. The number of rotatable bonds is 12. The highest BCUT2D eigenvalue weighted by Crippen LogP contribution is 2.11. The van der Waals surface area contributed by atoms with E-state index in [0.717, 1.165) is 12.4 Å². The van der Waals surface area contributed by atoms with Crippen molar-refractivity contribution in [2.45, 2.75) is 71.1 Å². The monoisotopic (exact) mass is 278 g/mol. The Morgan fingerprint density at radius 2 is 1.50 bits per heavy atom. The molecule has 2 heteroatoms. The first-order valence-corrected chi connectivity index (χ1v) is 8.41. The van der Waals surface area contributed by atoms with Crippen LogP contribution in [-0.4, -0.2) is 6.61 Å². The molecule has 0 saturated carbocycles. The lowest BCUT2D eigenvalue weighted by atomic mass is 10.1. The second-order valence-corrected chi connectivity index (χ2v) is 5.74. The maximum absolute atomic E-state index is 5.74. The minimum absolute atomic E-state index is 0.848. The van der Waals surface area contributed by atoms with Crippen LogP contribution in [-0.2, 0) is 7.05 Å². The number of hydrogen-bond donors (Lipinski definition) is 0. The van der Waals surface area contributed by atoms with Crippen LogP contribution < -0.4 is 9.30 Å². The zero-order valence-corrected chi connectivity index (χ0v) is 13.4. The molecule has 0 aliphatic heterocycles. The molecule has 0 amide bonds. The average molecular weight is 278 g/mol. The van der Waals surface area contributed by atoms with Crippen LogP contribution >= 0.6 is 0 Å². The predicted octanol–water partition coefficient (Wildman–Crippen LogP) is 4.81. The van der Waals surface area contributed by atoms with Crippen LogP contribution in [0.2, 0.25) is 0 Å². The van der Waals surface area contributed by atoms with Gasteiger partial charge < -0.3 is 4.74 Å². The van der Waals surface area contributed by atoms with Gasteiger partial charge in [-0.15, -0.1) is 0 Å². The van der Waals surface area contributed by atoms with Crippen LogP contribution in [0.5, 0.6) is 5.75 Å². The van der Waals surface area contributed by atoms with Crippen molar-refractivity contribution in [3.8, 4) is 5.75 Å². The smallest absolute Gasteiger partial charge is 0.210 e. The van der Waals surface area contributed by atoms with Gasteiger partial charge >= 0.3 is 0 Å². The molecule has 114 valence electrons. The van der Waals surface area contributed by atoms with Gasteiger partial charge in [-0.25, -0.2) is 4.57 Å².